The van der Waals surface area contributed by atoms with Crippen LogP contribution in [0.3, 0.4) is 0 Å². The maximum Gasteiger partial charge on any atom is 0.416 e. The Morgan fingerprint density at radius 2 is 1.72 bits per heavy atom. The van der Waals surface area contributed by atoms with Crippen molar-refractivity contribution in [3.8, 4) is 6.07 Å². The number of carbonyl (C=O) groups is 3. The third-order valence-corrected chi connectivity index (χ3v) is 8.88. The molecular weight excluding hydrogens is 619 g/mol. The largest absolute Gasteiger partial charge is 0.481 e. The van der Waals surface area contributed by atoms with Gasteiger partial charge in [0.1, 0.15) is 6.07 Å². The molecule has 0 saturated heterocycles. The van der Waals surface area contributed by atoms with E-state index in [0.29, 0.717) is 22.7 Å². The van der Waals surface area contributed by atoms with Crippen LogP contribution in [0.1, 0.15) is 77.1 Å². The summed E-state index contributed by atoms with van der Waals surface area (Å²) in [6.45, 7) is 0.0714. The van der Waals surface area contributed by atoms with Gasteiger partial charge in [0.15, 0.2) is 5.13 Å². The molecule has 0 atom stereocenters. The van der Waals surface area contributed by atoms with Gasteiger partial charge < -0.3 is 10.4 Å². The molecule has 0 bridgehead atoms. The number of fused-ring (bicyclic) bond motifs is 1. The van der Waals surface area contributed by atoms with Crippen LogP contribution in [0.15, 0.2) is 60.7 Å². The number of rotatable bonds is 9. The van der Waals surface area contributed by atoms with Gasteiger partial charge >= 0.3 is 18.2 Å². The predicted octanol–water partition coefficient (Wildman–Crippen LogP) is 7.68. The van der Waals surface area contributed by atoms with E-state index in [1.165, 1.54) is 29.7 Å². The Balaban J connectivity index is 1.40. The van der Waals surface area contributed by atoms with Gasteiger partial charge in [-0.05, 0) is 66.3 Å². The van der Waals surface area contributed by atoms with E-state index in [9.17, 15) is 32.8 Å². The van der Waals surface area contributed by atoms with E-state index in [-0.39, 0.29) is 40.4 Å². The van der Waals surface area contributed by atoms with Crippen LogP contribution in [0, 0.1) is 11.3 Å². The van der Waals surface area contributed by atoms with Gasteiger partial charge in [-0.25, -0.2) is 9.78 Å². The summed E-state index contributed by atoms with van der Waals surface area (Å²) in [5.41, 5.74) is 1.53. The van der Waals surface area contributed by atoms with Crippen molar-refractivity contribution < 1.29 is 32.7 Å². The van der Waals surface area contributed by atoms with Gasteiger partial charge in [0, 0.05) is 17.8 Å². The van der Waals surface area contributed by atoms with Crippen molar-refractivity contribution in [1.82, 2.24) is 10.3 Å². The van der Waals surface area contributed by atoms with Gasteiger partial charge in [-0.2, -0.15) is 18.4 Å². The van der Waals surface area contributed by atoms with Crippen LogP contribution in [-0.4, -0.2) is 34.5 Å². The molecule has 1 aliphatic rings. The van der Waals surface area contributed by atoms with Gasteiger partial charge in [0.25, 0.3) is 5.91 Å². The highest BCUT2D eigenvalue weighted by atomic mass is 32.1. The molecule has 0 radical (unpaired) electrons. The quantitative estimate of drug-likeness (QED) is 0.170. The number of nitrogens with one attached hydrogen (secondary N) is 2. The molecule has 13 heteroatoms. The van der Waals surface area contributed by atoms with Crippen LogP contribution in [0.4, 0.5) is 28.8 Å². The van der Waals surface area contributed by atoms with Crippen LogP contribution in [-0.2, 0) is 17.5 Å². The number of benzene rings is 3. The zero-order valence-corrected chi connectivity index (χ0v) is 25.4. The number of carbonyl (C=O) groups excluding carboxylic acids is 2. The number of carboxylic acid groups (broad SMARTS) is 1. The fraction of sp³-hybridized carbons (Fsp3) is 0.303. The highest BCUT2D eigenvalue weighted by Gasteiger charge is 2.32. The lowest BCUT2D eigenvalue weighted by molar-refractivity contribution is -0.138. The summed E-state index contributed by atoms with van der Waals surface area (Å²) in [7, 11) is 0. The number of anilines is 2. The second-order valence-electron chi connectivity index (χ2n) is 11.0. The Labute approximate surface area is 266 Å². The first-order valence-corrected chi connectivity index (χ1v) is 15.5. The van der Waals surface area contributed by atoms with E-state index in [0.717, 1.165) is 36.3 Å². The number of nitriles is 1. The van der Waals surface area contributed by atoms with Gasteiger partial charge in [0.05, 0.1) is 34.3 Å². The Morgan fingerprint density at radius 1 is 1.02 bits per heavy atom. The minimum atomic E-state index is -4.66. The fourth-order valence-corrected chi connectivity index (χ4v) is 6.36. The van der Waals surface area contributed by atoms with Crippen LogP contribution in [0.2, 0.25) is 0 Å². The van der Waals surface area contributed by atoms with Gasteiger partial charge in [0.2, 0.25) is 0 Å². The van der Waals surface area contributed by atoms with Gasteiger partial charge in [-0.1, -0.05) is 54.9 Å². The highest BCUT2D eigenvalue weighted by molar-refractivity contribution is 7.22. The number of aromatic nitrogens is 1. The van der Waals surface area contributed by atoms with Gasteiger partial charge in [-0.3, -0.25) is 19.8 Å². The van der Waals surface area contributed by atoms with Crippen molar-refractivity contribution in [3.63, 3.8) is 0 Å². The molecule has 1 heterocycles. The lowest BCUT2D eigenvalue weighted by atomic mass is 9.84. The molecule has 1 fully saturated rings. The number of hydrogen-bond donors (Lipinski definition) is 3. The second kappa shape index (κ2) is 14.0. The zero-order valence-electron chi connectivity index (χ0n) is 24.6. The maximum atomic E-state index is 13.7. The molecule has 0 unspecified atom stereocenters. The average Bonchev–Trinajstić information content (AvgIpc) is 3.45. The average molecular weight is 650 g/mol. The first-order chi connectivity index (χ1) is 22.0. The SMILES string of the molecule is N#Cc1cc(C(F)(F)F)cc2nc(NC(=O)N(Cc3ccc(C(=O)NCCC(=O)O)cc3)c3ccc(C4CCCCC4)cc3)sc12. The van der Waals surface area contributed by atoms with Crippen LogP contribution in [0.25, 0.3) is 10.2 Å². The van der Waals surface area contributed by atoms with Crippen molar-refractivity contribution in [3.05, 3.63) is 88.5 Å². The molecule has 3 aromatic carbocycles. The number of aliphatic carboxylic acids is 1. The third-order valence-electron chi connectivity index (χ3n) is 7.86. The third kappa shape index (κ3) is 7.81. The van der Waals surface area contributed by atoms with E-state index >= 15 is 0 Å². The normalized spacial score (nSPS) is 13.6. The standard InChI is InChI=1S/C33H30F3N5O4S/c34-33(35,36)25-16-24(18-37)29-27(17-25)39-31(46-29)40-32(45)41(26-12-10-22(11-13-26)21-4-2-1-3-5-21)19-20-6-8-23(9-7-20)30(44)38-15-14-28(42)43/h6-13,16-17,21H,1-5,14-15,19H2,(H,38,44)(H,42,43)(H,39,40,45). The van der Waals surface area contributed by atoms with Crippen molar-refractivity contribution in [2.45, 2.75) is 57.2 Å². The summed E-state index contributed by atoms with van der Waals surface area (Å²) in [5.74, 6) is -0.997. The number of halogens is 3. The molecule has 0 aliphatic heterocycles. The summed E-state index contributed by atoms with van der Waals surface area (Å²) in [5, 5.41) is 23.5. The molecule has 238 valence electrons. The van der Waals surface area contributed by atoms with Crippen LogP contribution >= 0.6 is 11.3 Å². The molecule has 1 aliphatic carbocycles. The van der Waals surface area contributed by atoms with Crippen LogP contribution in [0.5, 0.6) is 0 Å². The molecule has 9 nitrogen and oxygen atoms in total. The number of thiazole rings is 1. The number of carboxylic acids is 1. The van der Waals surface area contributed by atoms with E-state index in [2.05, 4.69) is 15.6 Å². The fourth-order valence-electron chi connectivity index (χ4n) is 5.46. The zero-order chi connectivity index (χ0) is 32.8. The summed E-state index contributed by atoms with van der Waals surface area (Å²) >= 11 is 0.909. The summed E-state index contributed by atoms with van der Waals surface area (Å²) in [4.78, 5) is 42.5. The van der Waals surface area contributed by atoms with E-state index in [1.807, 2.05) is 24.3 Å². The molecule has 1 aromatic heterocycles. The Kier molecular flexibility index (Phi) is 9.87. The number of amides is 3. The lowest BCUT2D eigenvalue weighted by Gasteiger charge is -2.25. The van der Waals surface area contributed by atoms with Crippen LogP contribution < -0.4 is 15.5 Å². The summed E-state index contributed by atoms with van der Waals surface area (Å²) < 4.78 is 40.4. The van der Waals surface area contributed by atoms with E-state index in [4.69, 9.17) is 5.11 Å². The minimum Gasteiger partial charge on any atom is -0.481 e. The summed E-state index contributed by atoms with van der Waals surface area (Å²) in [6.07, 6.45) is 0.926. The lowest BCUT2D eigenvalue weighted by Crippen LogP contribution is -2.34. The smallest absolute Gasteiger partial charge is 0.416 e. The summed E-state index contributed by atoms with van der Waals surface area (Å²) in [6, 6.07) is 17.0. The van der Waals surface area contributed by atoms with Crippen molar-refractivity contribution >= 4 is 50.3 Å². The molecule has 1 saturated carbocycles. The monoisotopic (exact) mass is 649 g/mol. The number of nitrogens with zero attached hydrogens (tertiary/aromatic N) is 3. The topological polar surface area (TPSA) is 135 Å². The molecular formula is C33H30F3N5O4S. The molecule has 46 heavy (non-hydrogen) atoms. The molecule has 3 N–H and O–H groups in total. The number of urea groups is 1. The van der Waals surface area contributed by atoms with E-state index in [1.54, 1.807) is 30.3 Å². The van der Waals surface area contributed by atoms with Crippen molar-refractivity contribution in [2.24, 2.45) is 0 Å². The molecule has 0 spiro atoms. The second-order valence-corrected chi connectivity index (χ2v) is 12.0. The molecule has 3 amide bonds. The Hall–Kier alpha value is -4.96. The predicted molar refractivity (Wildman–Crippen MR) is 168 cm³/mol. The molecule has 5 rings (SSSR count). The van der Waals surface area contributed by atoms with Crippen molar-refractivity contribution in [2.75, 3.05) is 16.8 Å². The highest BCUT2D eigenvalue weighted by Crippen LogP contribution is 2.37. The Bertz CT molecular complexity index is 1780. The van der Waals surface area contributed by atoms with E-state index < -0.39 is 29.6 Å². The number of alkyl halides is 3. The Morgan fingerprint density at radius 3 is 2.35 bits per heavy atom. The minimum absolute atomic E-state index is 0.0140. The first-order valence-electron chi connectivity index (χ1n) is 14.7. The first kappa shape index (κ1) is 32.4. The maximum absolute atomic E-state index is 13.7. The number of hydrogen-bond acceptors (Lipinski definition) is 6. The molecule has 4 aromatic rings. The van der Waals surface area contributed by atoms with Crippen molar-refractivity contribution in [1.29, 1.82) is 5.26 Å². The van der Waals surface area contributed by atoms with Gasteiger partial charge in [-0.15, -0.1) is 0 Å².